The highest BCUT2D eigenvalue weighted by Gasteiger charge is 2.20. The van der Waals surface area contributed by atoms with Gasteiger partial charge in [0.2, 0.25) is 0 Å². The smallest absolute Gasteiger partial charge is 0.312 e. The standard InChI is InChI=1S/C17H16N2O4S/c1-11(17(21)18-10-12-5-4-8-24-12)22-16(20)9-14-13-6-2-3-7-15(13)23-19-14/h2-8,11H,9-10H2,1H3,(H,18,21). The molecule has 0 bridgehead atoms. The first-order chi connectivity index (χ1) is 11.6. The summed E-state index contributed by atoms with van der Waals surface area (Å²) in [5, 5.41) is 9.33. The molecule has 1 atom stereocenters. The van der Waals surface area contributed by atoms with Crippen LogP contribution >= 0.6 is 11.3 Å². The number of fused-ring (bicyclic) bond motifs is 1. The van der Waals surface area contributed by atoms with Gasteiger partial charge in [-0.2, -0.15) is 0 Å². The van der Waals surface area contributed by atoms with Crippen molar-refractivity contribution in [2.75, 3.05) is 0 Å². The molecule has 7 heteroatoms. The monoisotopic (exact) mass is 344 g/mol. The van der Waals surface area contributed by atoms with E-state index < -0.39 is 12.1 Å². The molecule has 0 saturated carbocycles. The fraction of sp³-hybridized carbons (Fsp3) is 0.235. The second-order valence-electron chi connectivity index (χ2n) is 5.23. The summed E-state index contributed by atoms with van der Waals surface area (Å²) >= 11 is 1.55. The highest BCUT2D eigenvalue weighted by Crippen LogP contribution is 2.18. The van der Waals surface area contributed by atoms with Crippen LogP contribution in [-0.4, -0.2) is 23.1 Å². The van der Waals surface area contributed by atoms with E-state index in [1.807, 2.05) is 35.7 Å². The number of nitrogens with one attached hydrogen (secondary N) is 1. The molecule has 6 nitrogen and oxygen atoms in total. The number of benzene rings is 1. The van der Waals surface area contributed by atoms with Gasteiger partial charge in [-0.15, -0.1) is 11.3 Å². The second kappa shape index (κ2) is 7.27. The fourth-order valence-electron chi connectivity index (χ4n) is 2.23. The van der Waals surface area contributed by atoms with Gasteiger partial charge in [-0.05, 0) is 30.5 Å². The zero-order valence-electron chi connectivity index (χ0n) is 13.0. The van der Waals surface area contributed by atoms with Gasteiger partial charge in [0, 0.05) is 10.3 Å². The summed E-state index contributed by atoms with van der Waals surface area (Å²) in [5.74, 6) is -0.852. The van der Waals surface area contributed by atoms with Crippen LogP contribution in [0.5, 0.6) is 0 Å². The number of hydrogen-bond acceptors (Lipinski definition) is 6. The number of carbonyl (C=O) groups excluding carboxylic acids is 2. The highest BCUT2D eigenvalue weighted by atomic mass is 32.1. The molecule has 0 aliphatic heterocycles. The summed E-state index contributed by atoms with van der Waals surface area (Å²) in [6.45, 7) is 1.97. The summed E-state index contributed by atoms with van der Waals surface area (Å²) in [4.78, 5) is 25.0. The van der Waals surface area contributed by atoms with E-state index in [-0.39, 0.29) is 12.3 Å². The van der Waals surface area contributed by atoms with Crippen molar-refractivity contribution in [3.05, 3.63) is 52.3 Å². The molecule has 0 aliphatic carbocycles. The molecular formula is C17H16N2O4S. The lowest BCUT2D eigenvalue weighted by atomic mass is 10.2. The minimum atomic E-state index is -0.865. The molecule has 0 saturated heterocycles. The third-order valence-electron chi connectivity index (χ3n) is 3.46. The average molecular weight is 344 g/mol. The van der Waals surface area contributed by atoms with Gasteiger partial charge in [0.1, 0.15) is 5.69 Å². The summed E-state index contributed by atoms with van der Waals surface area (Å²) in [7, 11) is 0. The van der Waals surface area contributed by atoms with Crippen LogP contribution in [-0.2, 0) is 27.3 Å². The van der Waals surface area contributed by atoms with Gasteiger partial charge in [-0.3, -0.25) is 9.59 Å². The molecule has 1 amide bonds. The number of amides is 1. The lowest BCUT2D eigenvalue weighted by Gasteiger charge is -2.12. The van der Waals surface area contributed by atoms with Crippen LogP contribution in [0.25, 0.3) is 11.0 Å². The molecule has 124 valence electrons. The van der Waals surface area contributed by atoms with Crippen LogP contribution in [0, 0.1) is 0 Å². The van der Waals surface area contributed by atoms with E-state index in [0.29, 0.717) is 17.8 Å². The van der Waals surface area contributed by atoms with Crippen molar-refractivity contribution in [1.29, 1.82) is 0 Å². The van der Waals surface area contributed by atoms with Crippen molar-refractivity contribution in [2.24, 2.45) is 0 Å². The Labute approximate surface area is 142 Å². The molecule has 3 aromatic rings. The number of thiophene rings is 1. The zero-order chi connectivity index (χ0) is 16.9. The van der Waals surface area contributed by atoms with E-state index in [2.05, 4.69) is 10.5 Å². The van der Waals surface area contributed by atoms with Crippen molar-refractivity contribution in [2.45, 2.75) is 26.0 Å². The number of carbonyl (C=O) groups is 2. The molecule has 1 unspecified atom stereocenters. The number of esters is 1. The quantitative estimate of drug-likeness (QED) is 0.695. The Morgan fingerprint density at radius 3 is 2.92 bits per heavy atom. The highest BCUT2D eigenvalue weighted by molar-refractivity contribution is 7.09. The van der Waals surface area contributed by atoms with Crippen molar-refractivity contribution in [3.8, 4) is 0 Å². The van der Waals surface area contributed by atoms with Crippen LogP contribution in [0.1, 0.15) is 17.5 Å². The first-order valence-electron chi connectivity index (χ1n) is 7.46. The molecule has 1 aromatic carbocycles. The van der Waals surface area contributed by atoms with E-state index in [1.54, 1.807) is 24.3 Å². The van der Waals surface area contributed by atoms with Crippen molar-refractivity contribution >= 4 is 34.2 Å². The molecule has 3 rings (SSSR count). The lowest BCUT2D eigenvalue weighted by molar-refractivity contribution is -0.154. The summed E-state index contributed by atoms with van der Waals surface area (Å²) in [5.41, 5.74) is 1.11. The van der Waals surface area contributed by atoms with E-state index in [4.69, 9.17) is 9.26 Å². The molecule has 24 heavy (non-hydrogen) atoms. The summed E-state index contributed by atoms with van der Waals surface area (Å²) in [6.07, 6.45) is -0.907. The Morgan fingerprint density at radius 2 is 2.12 bits per heavy atom. The molecule has 2 aromatic heterocycles. The maximum Gasteiger partial charge on any atom is 0.312 e. The number of nitrogens with zero attached hydrogens (tertiary/aromatic N) is 1. The summed E-state index contributed by atoms with van der Waals surface area (Å²) in [6, 6.07) is 11.1. The van der Waals surface area contributed by atoms with Gasteiger partial charge in [0.15, 0.2) is 11.7 Å². The normalized spacial score (nSPS) is 12.0. The first-order valence-corrected chi connectivity index (χ1v) is 8.34. The van der Waals surface area contributed by atoms with E-state index in [1.165, 1.54) is 0 Å². The first kappa shape index (κ1) is 16.2. The minimum absolute atomic E-state index is 0.0421. The SMILES string of the molecule is CC(OC(=O)Cc1noc2ccccc12)C(=O)NCc1cccs1. The maximum absolute atomic E-state index is 12.0. The van der Waals surface area contributed by atoms with Gasteiger partial charge in [-0.25, -0.2) is 0 Å². The number of rotatable bonds is 6. The molecule has 0 radical (unpaired) electrons. The summed E-state index contributed by atoms with van der Waals surface area (Å²) < 4.78 is 10.3. The maximum atomic E-state index is 12.0. The molecule has 1 N–H and O–H groups in total. The van der Waals surface area contributed by atoms with Gasteiger partial charge >= 0.3 is 5.97 Å². The topological polar surface area (TPSA) is 81.4 Å². The molecule has 0 aliphatic rings. The van der Waals surface area contributed by atoms with E-state index >= 15 is 0 Å². The van der Waals surface area contributed by atoms with Gasteiger partial charge in [-0.1, -0.05) is 23.4 Å². The fourth-order valence-corrected chi connectivity index (χ4v) is 2.87. The number of ether oxygens (including phenoxy) is 1. The van der Waals surface area contributed by atoms with E-state index in [0.717, 1.165) is 10.3 Å². The predicted octanol–water partition coefficient (Wildman–Crippen LogP) is 2.68. The Morgan fingerprint density at radius 1 is 1.29 bits per heavy atom. The van der Waals surface area contributed by atoms with Gasteiger partial charge < -0.3 is 14.6 Å². The number of para-hydroxylation sites is 1. The Kier molecular flexibility index (Phi) is 4.90. The van der Waals surface area contributed by atoms with Crippen LogP contribution in [0.15, 0.2) is 46.3 Å². The minimum Gasteiger partial charge on any atom is -0.452 e. The van der Waals surface area contributed by atoms with Crippen LogP contribution in [0.3, 0.4) is 0 Å². The predicted molar refractivity (Wildman–Crippen MR) is 89.4 cm³/mol. The number of aromatic nitrogens is 1. The van der Waals surface area contributed by atoms with Crippen molar-refractivity contribution < 1.29 is 18.8 Å². The Hall–Kier alpha value is -2.67. The largest absolute Gasteiger partial charge is 0.452 e. The van der Waals surface area contributed by atoms with E-state index in [9.17, 15) is 9.59 Å². The molecule has 0 fully saturated rings. The third-order valence-corrected chi connectivity index (χ3v) is 4.33. The van der Waals surface area contributed by atoms with Crippen LogP contribution in [0.2, 0.25) is 0 Å². The molecule has 2 heterocycles. The number of hydrogen-bond donors (Lipinski definition) is 1. The van der Waals surface area contributed by atoms with Crippen LogP contribution in [0.4, 0.5) is 0 Å². The second-order valence-corrected chi connectivity index (χ2v) is 6.26. The van der Waals surface area contributed by atoms with Gasteiger partial charge in [0.25, 0.3) is 5.91 Å². The average Bonchev–Trinajstić information content (AvgIpc) is 3.23. The Balaban J connectivity index is 1.53. The van der Waals surface area contributed by atoms with Gasteiger partial charge in [0.05, 0.1) is 13.0 Å². The zero-order valence-corrected chi connectivity index (χ0v) is 13.8. The Bertz CT molecular complexity index is 841. The van der Waals surface area contributed by atoms with Crippen LogP contribution < -0.4 is 5.32 Å². The molecule has 0 spiro atoms. The van der Waals surface area contributed by atoms with Crippen molar-refractivity contribution in [1.82, 2.24) is 10.5 Å². The van der Waals surface area contributed by atoms with Crippen molar-refractivity contribution in [3.63, 3.8) is 0 Å². The molecular weight excluding hydrogens is 328 g/mol. The lowest BCUT2D eigenvalue weighted by Crippen LogP contribution is -2.35. The third kappa shape index (κ3) is 3.80.